The lowest BCUT2D eigenvalue weighted by Crippen LogP contribution is -2.18. The van der Waals surface area contributed by atoms with Crippen LogP contribution in [0.15, 0.2) is 42.5 Å². The van der Waals surface area contributed by atoms with Crippen molar-refractivity contribution in [2.75, 3.05) is 6.54 Å². The fraction of sp³-hybridized carbons (Fsp3) is 0.368. The summed E-state index contributed by atoms with van der Waals surface area (Å²) < 4.78 is 6.09. The van der Waals surface area contributed by atoms with Gasteiger partial charge in [-0.05, 0) is 44.5 Å². The molecule has 1 N–H and O–H groups in total. The van der Waals surface area contributed by atoms with Crippen LogP contribution in [0, 0.1) is 13.8 Å². The molecule has 0 aliphatic heterocycles. The van der Waals surface area contributed by atoms with Crippen LogP contribution in [0.1, 0.15) is 42.1 Å². The summed E-state index contributed by atoms with van der Waals surface area (Å²) in [7, 11) is 0. The second-order valence-electron chi connectivity index (χ2n) is 5.60. The summed E-state index contributed by atoms with van der Waals surface area (Å²) in [4.78, 5) is 0. The summed E-state index contributed by atoms with van der Waals surface area (Å²) in [6, 6.07) is 15.2. The molecule has 2 nitrogen and oxygen atoms in total. The highest BCUT2D eigenvalue weighted by molar-refractivity contribution is 5.39. The molecule has 0 aliphatic carbocycles. The van der Waals surface area contributed by atoms with Crippen LogP contribution in [0.3, 0.4) is 0 Å². The maximum Gasteiger partial charge on any atom is 0.124 e. The van der Waals surface area contributed by atoms with Crippen molar-refractivity contribution in [2.24, 2.45) is 0 Å². The summed E-state index contributed by atoms with van der Waals surface area (Å²) in [5.41, 5.74) is 4.91. The minimum absolute atomic E-state index is 0.295. The molecule has 2 aromatic carbocycles. The van der Waals surface area contributed by atoms with Crippen molar-refractivity contribution in [2.45, 2.75) is 40.3 Å². The Hall–Kier alpha value is -1.80. The molecule has 0 saturated heterocycles. The summed E-state index contributed by atoms with van der Waals surface area (Å²) in [5, 5.41) is 3.45. The van der Waals surface area contributed by atoms with Gasteiger partial charge in [0.25, 0.3) is 0 Å². The van der Waals surface area contributed by atoms with Gasteiger partial charge in [0, 0.05) is 11.6 Å². The highest BCUT2D eigenvalue weighted by Gasteiger charge is 2.11. The Bertz CT molecular complexity index is 592. The molecule has 1 unspecified atom stereocenters. The van der Waals surface area contributed by atoms with E-state index < -0.39 is 0 Å². The summed E-state index contributed by atoms with van der Waals surface area (Å²) in [6.07, 6.45) is 0. The van der Waals surface area contributed by atoms with E-state index in [-0.39, 0.29) is 0 Å². The van der Waals surface area contributed by atoms with Crippen LogP contribution in [0.2, 0.25) is 0 Å². The Balaban J connectivity index is 2.16. The van der Waals surface area contributed by atoms with Gasteiger partial charge < -0.3 is 10.1 Å². The summed E-state index contributed by atoms with van der Waals surface area (Å²) in [5.74, 6) is 0.977. The van der Waals surface area contributed by atoms with Crippen LogP contribution >= 0.6 is 0 Å². The fourth-order valence-corrected chi connectivity index (χ4v) is 2.50. The van der Waals surface area contributed by atoms with Gasteiger partial charge in [-0.25, -0.2) is 0 Å². The largest absolute Gasteiger partial charge is 0.489 e. The molecular formula is C19H25NO. The molecule has 0 saturated carbocycles. The molecule has 0 heterocycles. The van der Waals surface area contributed by atoms with Crippen LogP contribution < -0.4 is 10.1 Å². The van der Waals surface area contributed by atoms with Gasteiger partial charge in [-0.1, -0.05) is 48.9 Å². The molecule has 112 valence electrons. The topological polar surface area (TPSA) is 21.3 Å². The first-order chi connectivity index (χ1) is 10.1. The SMILES string of the molecule is CCNC(C)c1ccc(C)cc1OCc1cccc(C)c1. The maximum absolute atomic E-state index is 6.09. The van der Waals surface area contributed by atoms with Gasteiger partial charge in [0.1, 0.15) is 12.4 Å². The number of hydrogen-bond acceptors (Lipinski definition) is 2. The first kappa shape index (κ1) is 15.6. The van der Waals surface area contributed by atoms with Crippen LogP contribution in [0.4, 0.5) is 0 Å². The third kappa shape index (κ3) is 4.33. The van der Waals surface area contributed by atoms with Crippen molar-refractivity contribution in [3.8, 4) is 5.75 Å². The molecule has 0 bridgehead atoms. The predicted molar refractivity (Wildman–Crippen MR) is 88.8 cm³/mol. The number of hydrogen-bond donors (Lipinski definition) is 1. The summed E-state index contributed by atoms with van der Waals surface area (Å²) >= 11 is 0. The monoisotopic (exact) mass is 283 g/mol. The molecule has 0 radical (unpaired) electrons. The molecule has 1 atom stereocenters. The standard InChI is InChI=1S/C19H25NO/c1-5-20-16(4)18-10-9-15(3)12-19(18)21-13-17-8-6-7-14(2)11-17/h6-12,16,20H,5,13H2,1-4H3. The quantitative estimate of drug-likeness (QED) is 0.839. The first-order valence-electron chi connectivity index (χ1n) is 7.62. The zero-order chi connectivity index (χ0) is 15.2. The van der Waals surface area contributed by atoms with E-state index >= 15 is 0 Å². The number of rotatable bonds is 6. The second kappa shape index (κ2) is 7.28. The molecule has 0 amide bonds. The van der Waals surface area contributed by atoms with Gasteiger partial charge in [0.05, 0.1) is 0 Å². The lowest BCUT2D eigenvalue weighted by atomic mass is 10.0. The van der Waals surface area contributed by atoms with Crippen molar-refractivity contribution in [1.82, 2.24) is 5.32 Å². The van der Waals surface area contributed by atoms with Crippen LogP contribution in [-0.2, 0) is 6.61 Å². The van der Waals surface area contributed by atoms with E-state index in [1.165, 1.54) is 22.3 Å². The van der Waals surface area contributed by atoms with E-state index in [0.29, 0.717) is 12.6 Å². The van der Waals surface area contributed by atoms with Gasteiger partial charge in [0.15, 0.2) is 0 Å². The van der Waals surface area contributed by atoms with Crippen LogP contribution in [0.25, 0.3) is 0 Å². The molecule has 2 aromatic rings. The highest BCUT2D eigenvalue weighted by atomic mass is 16.5. The lowest BCUT2D eigenvalue weighted by molar-refractivity contribution is 0.299. The van der Waals surface area contributed by atoms with E-state index in [1.807, 2.05) is 0 Å². The molecule has 0 fully saturated rings. The Morgan fingerprint density at radius 3 is 2.52 bits per heavy atom. The van der Waals surface area contributed by atoms with Gasteiger partial charge in [-0.3, -0.25) is 0 Å². The Morgan fingerprint density at radius 1 is 1.05 bits per heavy atom. The minimum Gasteiger partial charge on any atom is -0.489 e. The third-order valence-electron chi connectivity index (χ3n) is 3.62. The molecule has 0 aliphatic rings. The maximum atomic E-state index is 6.09. The third-order valence-corrected chi connectivity index (χ3v) is 3.62. The number of nitrogens with one attached hydrogen (secondary N) is 1. The van der Waals surface area contributed by atoms with Crippen molar-refractivity contribution >= 4 is 0 Å². The molecule has 0 aromatic heterocycles. The second-order valence-corrected chi connectivity index (χ2v) is 5.60. The average Bonchev–Trinajstić information content (AvgIpc) is 2.45. The van der Waals surface area contributed by atoms with Gasteiger partial charge in [0.2, 0.25) is 0 Å². The van der Waals surface area contributed by atoms with E-state index in [2.05, 4.69) is 75.5 Å². The van der Waals surface area contributed by atoms with Gasteiger partial charge in [-0.15, -0.1) is 0 Å². The zero-order valence-electron chi connectivity index (χ0n) is 13.4. The number of aryl methyl sites for hydroxylation is 2. The normalized spacial score (nSPS) is 12.2. The van der Waals surface area contributed by atoms with Gasteiger partial charge in [-0.2, -0.15) is 0 Å². The van der Waals surface area contributed by atoms with Crippen molar-refractivity contribution in [3.05, 3.63) is 64.7 Å². The summed E-state index contributed by atoms with van der Waals surface area (Å²) in [6.45, 7) is 10.1. The fourth-order valence-electron chi connectivity index (χ4n) is 2.50. The zero-order valence-corrected chi connectivity index (χ0v) is 13.4. The molecule has 21 heavy (non-hydrogen) atoms. The number of ether oxygens (including phenoxy) is 1. The Labute approximate surface area is 128 Å². The Kier molecular flexibility index (Phi) is 5.40. The molecule has 2 heteroatoms. The van der Waals surface area contributed by atoms with Crippen LogP contribution in [0.5, 0.6) is 5.75 Å². The van der Waals surface area contributed by atoms with Crippen molar-refractivity contribution < 1.29 is 4.74 Å². The number of benzene rings is 2. The minimum atomic E-state index is 0.295. The van der Waals surface area contributed by atoms with E-state index in [1.54, 1.807) is 0 Å². The first-order valence-corrected chi connectivity index (χ1v) is 7.62. The average molecular weight is 283 g/mol. The molecular weight excluding hydrogens is 258 g/mol. The lowest BCUT2D eigenvalue weighted by Gasteiger charge is -2.18. The predicted octanol–water partition coefficient (Wildman–Crippen LogP) is 4.55. The molecule has 2 rings (SSSR count). The van der Waals surface area contributed by atoms with Crippen molar-refractivity contribution in [1.29, 1.82) is 0 Å². The highest BCUT2D eigenvalue weighted by Crippen LogP contribution is 2.27. The van der Waals surface area contributed by atoms with Crippen molar-refractivity contribution in [3.63, 3.8) is 0 Å². The van der Waals surface area contributed by atoms with Crippen LogP contribution in [-0.4, -0.2) is 6.54 Å². The van der Waals surface area contributed by atoms with E-state index in [0.717, 1.165) is 12.3 Å². The van der Waals surface area contributed by atoms with E-state index in [4.69, 9.17) is 4.74 Å². The Morgan fingerprint density at radius 2 is 1.81 bits per heavy atom. The van der Waals surface area contributed by atoms with E-state index in [9.17, 15) is 0 Å². The molecule has 0 spiro atoms. The smallest absolute Gasteiger partial charge is 0.124 e. The van der Waals surface area contributed by atoms with Gasteiger partial charge >= 0.3 is 0 Å².